The van der Waals surface area contributed by atoms with Gasteiger partial charge in [0.2, 0.25) is 5.95 Å². The summed E-state index contributed by atoms with van der Waals surface area (Å²) in [7, 11) is 0. The van der Waals surface area contributed by atoms with Crippen molar-refractivity contribution >= 4 is 28.4 Å². The Morgan fingerprint density at radius 2 is 1.78 bits per heavy atom. The van der Waals surface area contributed by atoms with Crippen molar-refractivity contribution in [2.24, 2.45) is 0 Å². The van der Waals surface area contributed by atoms with Crippen molar-refractivity contribution in [2.75, 3.05) is 23.3 Å². The van der Waals surface area contributed by atoms with Crippen molar-refractivity contribution in [1.29, 1.82) is 0 Å². The lowest BCUT2D eigenvalue weighted by Gasteiger charge is -2.28. The van der Waals surface area contributed by atoms with Gasteiger partial charge in [0.1, 0.15) is 0 Å². The molecule has 0 amide bonds. The van der Waals surface area contributed by atoms with E-state index in [-0.39, 0.29) is 0 Å². The van der Waals surface area contributed by atoms with Crippen LogP contribution >= 0.6 is 0 Å². The molecule has 3 aromatic rings. The predicted octanol–water partition coefficient (Wildman–Crippen LogP) is 4.61. The number of H-pyrrole nitrogens is 1. The average molecular weight is 306 g/mol. The Morgan fingerprint density at radius 1 is 1.00 bits per heavy atom. The number of hydrogen-bond donors (Lipinski definition) is 2. The first-order valence-corrected chi connectivity index (χ1v) is 8.36. The Labute approximate surface area is 136 Å². The van der Waals surface area contributed by atoms with Crippen LogP contribution < -0.4 is 10.2 Å². The molecule has 4 heteroatoms. The maximum atomic E-state index is 4.58. The summed E-state index contributed by atoms with van der Waals surface area (Å²) < 4.78 is 0. The lowest BCUT2D eigenvalue weighted by molar-refractivity contribution is 0.578. The largest absolute Gasteiger partial charge is 0.372 e. The Morgan fingerprint density at radius 3 is 2.57 bits per heavy atom. The fourth-order valence-corrected chi connectivity index (χ4v) is 3.23. The molecule has 2 heterocycles. The standard InChI is InChI=1S/C19H22N4/c1-14-5-10-17-18(13-14)22-19(21-17)20-15-6-8-16(9-7-15)23-11-3-2-4-12-23/h5-10,13H,2-4,11-12H2,1H3,(H2,20,21,22). The van der Waals surface area contributed by atoms with Crippen LogP contribution in [0.5, 0.6) is 0 Å². The zero-order valence-electron chi connectivity index (χ0n) is 13.5. The second-order valence-corrected chi connectivity index (χ2v) is 6.33. The molecule has 1 aliphatic rings. The van der Waals surface area contributed by atoms with E-state index < -0.39 is 0 Å². The molecule has 0 aliphatic carbocycles. The van der Waals surface area contributed by atoms with Crippen LogP contribution in [-0.2, 0) is 0 Å². The van der Waals surface area contributed by atoms with Gasteiger partial charge in [0.15, 0.2) is 0 Å². The van der Waals surface area contributed by atoms with Crippen molar-refractivity contribution < 1.29 is 0 Å². The van der Waals surface area contributed by atoms with Gasteiger partial charge in [-0.2, -0.15) is 0 Å². The molecular formula is C19H22N4. The SMILES string of the molecule is Cc1ccc2nc(Nc3ccc(N4CCCCC4)cc3)[nH]c2c1. The van der Waals surface area contributed by atoms with E-state index in [1.165, 1.54) is 43.6 Å². The van der Waals surface area contributed by atoms with E-state index in [0.29, 0.717) is 0 Å². The summed E-state index contributed by atoms with van der Waals surface area (Å²) in [5.41, 5.74) is 5.66. The third-order valence-corrected chi connectivity index (χ3v) is 4.49. The van der Waals surface area contributed by atoms with Crippen LogP contribution in [0.1, 0.15) is 24.8 Å². The molecule has 0 atom stereocenters. The number of aryl methyl sites for hydroxylation is 1. The van der Waals surface area contributed by atoms with Crippen molar-refractivity contribution in [3.05, 3.63) is 48.0 Å². The Hall–Kier alpha value is -2.49. The molecule has 0 unspecified atom stereocenters. The van der Waals surface area contributed by atoms with Gasteiger partial charge in [-0.3, -0.25) is 0 Å². The summed E-state index contributed by atoms with van der Waals surface area (Å²) in [6, 6.07) is 14.9. The number of aromatic nitrogens is 2. The molecule has 1 saturated heterocycles. The molecule has 2 aromatic carbocycles. The number of nitrogens with zero attached hydrogens (tertiary/aromatic N) is 2. The first-order valence-electron chi connectivity index (χ1n) is 8.36. The summed E-state index contributed by atoms with van der Waals surface area (Å²) in [5.74, 6) is 0.788. The zero-order chi connectivity index (χ0) is 15.6. The monoisotopic (exact) mass is 306 g/mol. The van der Waals surface area contributed by atoms with Crippen molar-refractivity contribution in [3.63, 3.8) is 0 Å². The molecule has 1 fully saturated rings. The normalized spacial score (nSPS) is 15.1. The molecule has 0 radical (unpaired) electrons. The molecule has 0 saturated carbocycles. The number of rotatable bonds is 3. The minimum atomic E-state index is 0.788. The van der Waals surface area contributed by atoms with Gasteiger partial charge in [-0.15, -0.1) is 0 Å². The third-order valence-electron chi connectivity index (χ3n) is 4.49. The van der Waals surface area contributed by atoms with E-state index in [1.807, 2.05) is 6.07 Å². The fourth-order valence-electron chi connectivity index (χ4n) is 3.23. The van der Waals surface area contributed by atoms with Crippen molar-refractivity contribution in [2.45, 2.75) is 26.2 Å². The topological polar surface area (TPSA) is 44.0 Å². The number of fused-ring (bicyclic) bond motifs is 1. The maximum Gasteiger partial charge on any atom is 0.205 e. The van der Waals surface area contributed by atoms with Crippen LogP contribution in [0.4, 0.5) is 17.3 Å². The molecule has 118 valence electrons. The number of hydrogen-bond acceptors (Lipinski definition) is 3. The molecular weight excluding hydrogens is 284 g/mol. The number of anilines is 3. The zero-order valence-corrected chi connectivity index (χ0v) is 13.5. The summed E-state index contributed by atoms with van der Waals surface area (Å²) in [6.45, 7) is 4.44. The minimum absolute atomic E-state index is 0.788. The Balaban J connectivity index is 1.51. The second kappa shape index (κ2) is 5.95. The number of benzene rings is 2. The number of imidazole rings is 1. The van der Waals surface area contributed by atoms with E-state index in [2.05, 4.69) is 63.5 Å². The highest BCUT2D eigenvalue weighted by molar-refractivity contribution is 5.79. The molecule has 1 aliphatic heterocycles. The number of piperidine rings is 1. The van der Waals surface area contributed by atoms with Crippen LogP contribution in [0.3, 0.4) is 0 Å². The van der Waals surface area contributed by atoms with E-state index in [1.54, 1.807) is 0 Å². The number of aromatic amines is 1. The lowest BCUT2D eigenvalue weighted by atomic mass is 10.1. The summed E-state index contributed by atoms with van der Waals surface area (Å²) >= 11 is 0. The van der Waals surface area contributed by atoms with Gasteiger partial charge in [-0.05, 0) is 68.1 Å². The van der Waals surface area contributed by atoms with Gasteiger partial charge >= 0.3 is 0 Å². The summed E-state index contributed by atoms with van der Waals surface area (Å²) in [6.07, 6.45) is 3.97. The molecule has 0 spiro atoms. The van der Waals surface area contributed by atoms with Crippen LogP contribution in [0, 0.1) is 6.92 Å². The first kappa shape index (κ1) is 14.1. The smallest absolute Gasteiger partial charge is 0.205 e. The van der Waals surface area contributed by atoms with Gasteiger partial charge in [-0.25, -0.2) is 4.98 Å². The van der Waals surface area contributed by atoms with Crippen molar-refractivity contribution in [1.82, 2.24) is 9.97 Å². The highest BCUT2D eigenvalue weighted by Crippen LogP contribution is 2.24. The minimum Gasteiger partial charge on any atom is -0.372 e. The average Bonchev–Trinajstić information content (AvgIpc) is 2.97. The Kier molecular flexibility index (Phi) is 3.66. The molecule has 1 aromatic heterocycles. The fraction of sp³-hybridized carbons (Fsp3) is 0.316. The van der Waals surface area contributed by atoms with Gasteiger partial charge in [0, 0.05) is 24.5 Å². The van der Waals surface area contributed by atoms with E-state index in [9.17, 15) is 0 Å². The lowest BCUT2D eigenvalue weighted by Crippen LogP contribution is -2.29. The molecule has 2 N–H and O–H groups in total. The molecule has 23 heavy (non-hydrogen) atoms. The van der Waals surface area contributed by atoms with E-state index in [0.717, 1.165) is 22.7 Å². The van der Waals surface area contributed by atoms with E-state index >= 15 is 0 Å². The van der Waals surface area contributed by atoms with Gasteiger partial charge < -0.3 is 15.2 Å². The quantitative estimate of drug-likeness (QED) is 0.743. The molecule has 4 nitrogen and oxygen atoms in total. The van der Waals surface area contributed by atoms with E-state index in [4.69, 9.17) is 0 Å². The highest BCUT2D eigenvalue weighted by Gasteiger charge is 2.10. The first-order chi connectivity index (χ1) is 11.3. The Bertz CT molecular complexity index is 798. The van der Waals surface area contributed by atoms with Gasteiger partial charge in [0.25, 0.3) is 0 Å². The van der Waals surface area contributed by atoms with Crippen LogP contribution in [0.25, 0.3) is 11.0 Å². The van der Waals surface area contributed by atoms with Crippen LogP contribution in [0.15, 0.2) is 42.5 Å². The van der Waals surface area contributed by atoms with Crippen LogP contribution in [0.2, 0.25) is 0 Å². The second-order valence-electron chi connectivity index (χ2n) is 6.33. The van der Waals surface area contributed by atoms with Crippen LogP contribution in [-0.4, -0.2) is 23.1 Å². The molecule has 4 rings (SSSR count). The van der Waals surface area contributed by atoms with Gasteiger partial charge in [-0.1, -0.05) is 6.07 Å². The summed E-state index contributed by atoms with van der Waals surface area (Å²) in [5, 5.41) is 3.36. The summed E-state index contributed by atoms with van der Waals surface area (Å²) in [4.78, 5) is 10.4. The van der Waals surface area contributed by atoms with Gasteiger partial charge in [0.05, 0.1) is 11.0 Å². The molecule has 0 bridgehead atoms. The maximum absolute atomic E-state index is 4.58. The highest BCUT2D eigenvalue weighted by atomic mass is 15.1. The third kappa shape index (κ3) is 3.02. The predicted molar refractivity (Wildman–Crippen MR) is 96.6 cm³/mol. The van der Waals surface area contributed by atoms with Crippen molar-refractivity contribution in [3.8, 4) is 0 Å². The number of nitrogens with one attached hydrogen (secondary N) is 2.